The topological polar surface area (TPSA) is 38.3 Å². The van der Waals surface area contributed by atoms with Crippen molar-refractivity contribution in [2.45, 2.75) is 45.1 Å². The maximum Gasteiger partial charge on any atom is 0.223 e. The monoisotopic (exact) mass is 199 g/mol. The molecule has 1 aliphatic rings. The van der Waals surface area contributed by atoms with E-state index in [1.54, 1.807) is 7.11 Å². The average molecular weight is 199 g/mol. The highest BCUT2D eigenvalue weighted by Crippen LogP contribution is 2.23. The van der Waals surface area contributed by atoms with Gasteiger partial charge in [-0.05, 0) is 19.8 Å². The molecule has 1 N–H and O–H groups in total. The van der Waals surface area contributed by atoms with Crippen LogP contribution >= 0.6 is 0 Å². The molecular weight excluding hydrogens is 178 g/mol. The number of rotatable bonds is 4. The van der Waals surface area contributed by atoms with Gasteiger partial charge in [0, 0.05) is 19.1 Å². The molecule has 0 aromatic rings. The average Bonchev–Trinajstić information content (AvgIpc) is 2.19. The first-order valence-corrected chi connectivity index (χ1v) is 5.53. The summed E-state index contributed by atoms with van der Waals surface area (Å²) in [6.07, 6.45) is 5.82. The molecule has 0 aromatic carbocycles. The Morgan fingerprint density at radius 2 is 2.07 bits per heavy atom. The molecule has 82 valence electrons. The number of hydrogen-bond donors (Lipinski definition) is 1. The molecule has 0 bridgehead atoms. The molecule has 0 aliphatic heterocycles. The summed E-state index contributed by atoms with van der Waals surface area (Å²) >= 11 is 0. The minimum absolute atomic E-state index is 0.134. The van der Waals surface area contributed by atoms with Gasteiger partial charge in [-0.15, -0.1) is 0 Å². The standard InChI is InChI=1S/C11H21NO2/c1-9(8-14-2)12-11(13)10-6-4-3-5-7-10/h9-10H,3-8H2,1-2H3,(H,12,13)/t9-/m1/s1. The molecule has 1 amide bonds. The van der Waals surface area contributed by atoms with E-state index in [1.165, 1.54) is 19.3 Å². The lowest BCUT2D eigenvalue weighted by Gasteiger charge is -2.22. The van der Waals surface area contributed by atoms with Crippen LogP contribution in [0.15, 0.2) is 0 Å². The van der Waals surface area contributed by atoms with Crippen LogP contribution < -0.4 is 5.32 Å². The van der Waals surface area contributed by atoms with Crippen molar-refractivity contribution >= 4 is 5.91 Å². The van der Waals surface area contributed by atoms with Gasteiger partial charge >= 0.3 is 0 Å². The molecule has 1 aliphatic carbocycles. The normalized spacial score (nSPS) is 20.4. The van der Waals surface area contributed by atoms with Crippen LogP contribution in [0, 0.1) is 5.92 Å². The molecule has 0 aromatic heterocycles. The molecule has 0 spiro atoms. The summed E-state index contributed by atoms with van der Waals surface area (Å²) in [6.45, 7) is 2.57. The van der Waals surface area contributed by atoms with Crippen LogP contribution in [0.5, 0.6) is 0 Å². The Bertz CT molecular complexity index is 176. The lowest BCUT2D eigenvalue weighted by Crippen LogP contribution is -2.40. The Balaban J connectivity index is 2.25. The fourth-order valence-electron chi connectivity index (χ4n) is 2.02. The molecule has 0 saturated heterocycles. The van der Waals surface area contributed by atoms with Crippen LogP contribution in [0.25, 0.3) is 0 Å². The maximum absolute atomic E-state index is 11.7. The summed E-state index contributed by atoms with van der Waals surface area (Å²) in [5.41, 5.74) is 0. The molecule has 1 rings (SSSR count). The van der Waals surface area contributed by atoms with Crippen LogP contribution in [0.4, 0.5) is 0 Å². The number of amides is 1. The van der Waals surface area contributed by atoms with E-state index in [0.29, 0.717) is 6.61 Å². The smallest absolute Gasteiger partial charge is 0.223 e. The zero-order valence-electron chi connectivity index (χ0n) is 9.21. The minimum atomic E-state index is 0.134. The predicted molar refractivity (Wildman–Crippen MR) is 56.1 cm³/mol. The van der Waals surface area contributed by atoms with Crippen molar-refractivity contribution in [2.75, 3.05) is 13.7 Å². The molecular formula is C11H21NO2. The number of carbonyl (C=O) groups excluding carboxylic acids is 1. The summed E-state index contributed by atoms with van der Waals surface area (Å²) in [5.74, 6) is 0.470. The van der Waals surface area contributed by atoms with Gasteiger partial charge in [0.1, 0.15) is 0 Å². The Morgan fingerprint density at radius 1 is 1.43 bits per heavy atom. The van der Waals surface area contributed by atoms with Crippen molar-refractivity contribution in [2.24, 2.45) is 5.92 Å². The van der Waals surface area contributed by atoms with Crippen LogP contribution in [-0.2, 0) is 9.53 Å². The molecule has 0 radical (unpaired) electrons. The van der Waals surface area contributed by atoms with Gasteiger partial charge < -0.3 is 10.1 Å². The maximum atomic E-state index is 11.7. The summed E-state index contributed by atoms with van der Waals surface area (Å²) in [4.78, 5) is 11.7. The molecule has 1 fully saturated rings. The van der Waals surface area contributed by atoms with Gasteiger partial charge in [0.05, 0.1) is 6.61 Å². The van der Waals surface area contributed by atoms with Crippen LogP contribution in [0.2, 0.25) is 0 Å². The highest BCUT2D eigenvalue weighted by Gasteiger charge is 2.21. The third-order valence-electron chi connectivity index (χ3n) is 2.78. The van der Waals surface area contributed by atoms with E-state index >= 15 is 0 Å². The second-order valence-corrected chi connectivity index (χ2v) is 4.20. The fraction of sp³-hybridized carbons (Fsp3) is 0.909. The highest BCUT2D eigenvalue weighted by atomic mass is 16.5. The Kier molecular flexibility index (Phi) is 4.94. The van der Waals surface area contributed by atoms with Crippen molar-refractivity contribution in [3.05, 3.63) is 0 Å². The molecule has 0 heterocycles. The van der Waals surface area contributed by atoms with Gasteiger partial charge in [0.15, 0.2) is 0 Å². The van der Waals surface area contributed by atoms with E-state index in [1.807, 2.05) is 6.92 Å². The van der Waals surface area contributed by atoms with Crippen LogP contribution in [0.3, 0.4) is 0 Å². The summed E-state index contributed by atoms with van der Waals surface area (Å²) in [6, 6.07) is 0.134. The van der Waals surface area contributed by atoms with E-state index in [9.17, 15) is 4.79 Å². The molecule has 1 atom stereocenters. The quantitative estimate of drug-likeness (QED) is 0.748. The van der Waals surface area contributed by atoms with Gasteiger partial charge in [-0.2, -0.15) is 0 Å². The van der Waals surface area contributed by atoms with Gasteiger partial charge in [-0.25, -0.2) is 0 Å². The third kappa shape index (κ3) is 3.66. The van der Waals surface area contributed by atoms with Gasteiger partial charge in [-0.3, -0.25) is 4.79 Å². The van der Waals surface area contributed by atoms with Crippen molar-refractivity contribution in [3.63, 3.8) is 0 Å². The van der Waals surface area contributed by atoms with E-state index in [4.69, 9.17) is 4.74 Å². The minimum Gasteiger partial charge on any atom is -0.383 e. The highest BCUT2D eigenvalue weighted by molar-refractivity contribution is 5.78. The van der Waals surface area contributed by atoms with E-state index in [-0.39, 0.29) is 17.9 Å². The van der Waals surface area contributed by atoms with Crippen molar-refractivity contribution in [1.82, 2.24) is 5.32 Å². The summed E-state index contributed by atoms with van der Waals surface area (Å²) in [7, 11) is 1.66. The SMILES string of the molecule is COC[C@@H](C)NC(=O)C1CCCCC1. The largest absolute Gasteiger partial charge is 0.383 e. The first kappa shape index (κ1) is 11.5. The Morgan fingerprint density at radius 3 is 2.64 bits per heavy atom. The molecule has 3 heteroatoms. The predicted octanol–water partition coefficient (Wildman–Crippen LogP) is 1.72. The fourth-order valence-corrected chi connectivity index (χ4v) is 2.02. The number of nitrogens with one attached hydrogen (secondary N) is 1. The van der Waals surface area contributed by atoms with Crippen molar-refractivity contribution in [1.29, 1.82) is 0 Å². The number of hydrogen-bond acceptors (Lipinski definition) is 2. The van der Waals surface area contributed by atoms with Crippen molar-refractivity contribution < 1.29 is 9.53 Å². The zero-order valence-corrected chi connectivity index (χ0v) is 9.21. The first-order valence-electron chi connectivity index (χ1n) is 5.53. The van der Waals surface area contributed by atoms with E-state index in [2.05, 4.69) is 5.32 Å². The lowest BCUT2D eigenvalue weighted by molar-refractivity contribution is -0.126. The number of ether oxygens (including phenoxy) is 1. The summed E-state index contributed by atoms with van der Waals surface area (Å²) in [5, 5.41) is 2.99. The van der Waals surface area contributed by atoms with Crippen LogP contribution in [-0.4, -0.2) is 25.7 Å². The number of carbonyl (C=O) groups is 1. The molecule has 0 unspecified atom stereocenters. The second kappa shape index (κ2) is 6.02. The first-order chi connectivity index (χ1) is 6.74. The summed E-state index contributed by atoms with van der Waals surface area (Å²) < 4.78 is 4.98. The van der Waals surface area contributed by atoms with E-state index < -0.39 is 0 Å². The van der Waals surface area contributed by atoms with Crippen LogP contribution in [0.1, 0.15) is 39.0 Å². The van der Waals surface area contributed by atoms with Gasteiger partial charge in [0.2, 0.25) is 5.91 Å². The molecule has 3 nitrogen and oxygen atoms in total. The third-order valence-corrected chi connectivity index (χ3v) is 2.78. The Labute approximate surface area is 86.2 Å². The molecule has 14 heavy (non-hydrogen) atoms. The number of methoxy groups -OCH3 is 1. The zero-order chi connectivity index (χ0) is 10.4. The molecule has 1 saturated carbocycles. The van der Waals surface area contributed by atoms with Gasteiger partial charge in [0.25, 0.3) is 0 Å². The van der Waals surface area contributed by atoms with Crippen molar-refractivity contribution in [3.8, 4) is 0 Å². The van der Waals surface area contributed by atoms with E-state index in [0.717, 1.165) is 12.8 Å². The second-order valence-electron chi connectivity index (χ2n) is 4.20. The Hall–Kier alpha value is -0.570. The van der Waals surface area contributed by atoms with Gasteiger partial charge in [-0.1, -0.05) is 19.3 Å². The lowest BCUT2D eigenvalue weighted by atomic mass is 9.88.